The first-order valence-corrected chi connectivity index (χ1v) is 8.13. The minimum Gasteiger partial charge on any atom is -0.336 e. The van der Waals surface area contributed by atoms with Gasteiger partial charge in [-0.25, -0.2) is 0 Å². The van der Waals surface area contributed by atoms with Crippen molar-refractivity contribution < 1.29 is 0 Å². The molecule has 1 unspecified atom stereocenters. The largest absolute Gasteiger partial charge is 0.336 e. The lowest BCUT2D eigenvalue weighted by molar-refractivity contribution is 0.179. The van der Waals surface area contributed by atoms with Crippen molar-refractivity contribution in [1.82, 2.24) is 4.90 Å². The molecule has 2 aromatic rings. The molecule has 23 heavy (non-hydrogen) atoms. The molecule has 0 amide bonds. The monoisotopic (exact) mass is 325 g/mol. The highest BCUT2D eigenvalue weighted by Crippen LogP contribution is 2.37. The van der Waals surface area contributed by atoms with Crippen molar-refractivity contribution in [2.45, 2.75) is 25.7 Å². The summed E-state index contributed by atoms with van der Waals surface area (Å²) in [5.74, 6) is 0. The number of hydrogen-bond donors (Lipinski definition) is 0. The SMILES string of the molecule is C1=NC(N2CCc3ccccc3C2)N2CCc3cccc1c32.Cl. The van der Waals surface area contributed by atoms with E-state index in [-0.39, 0.29) is 18.7 Å². The summed E-state index contributed by atoms with van der Waals surface area (Å²) in [5, 5.41) is 0. The molecule has 0 fully saturated rings. The Morgan fingerprint density at radius 2 is 1.65 bits per heavy atom. The molecule has 3 aliphatic heterocycles. The predicted octanol–water partition coefficient (Wildman–Crippen LogP) is 3.25. The normalized spacial score (nSPS) is 21.6. The van der Waals surface area contributed by atoms with Crippen molar-refractivity contribution in [3.05, 3.63) is 64.7 Å². The fourth-order valence-electron chi connectivity index (χ4n) is 4.08. The van der Waals surface area contributed by atoms with E-state index < -0.39 is 0 Å². The second-order valence-electron chi connectivity index (χ2n) is 6.41. The van der Waals surface area contributed by atoms with Crippen LogP contribution in [0.15, 0.2) is 47.5 Å². The van der Waals surface area contributed by atoms with E-state index in [1.165, 1.54) is 27.9 Å². The maximum absolute atomic E-state index is 4.88. The van der Waals surface area contributed by atoms with Gasteiger partial charge in [-0.15, -0.1) is 12.4 Å². The van der Waals surface area contributed by atoms with Crippen LogP contribution in [-0.4, -0.2) is 30.5 Å². The number of aliphatic imine (C=N–C) groups is 1. The number of hydrogen-bond acceptors (Lipinski definition) is 3. The molecule has 0 spiro atoms. The van der Waals surface area contributed by atoms with Gasteiger partial charge in [0.1, 0.15) is 0 Å². The lowest BCUT2D eigenvalue weighted by Gasteiger charge is -2.41. The topological polar surface area (TPSA) is 18.8 Å². The van der Waals surface area contributed by atoms with E-state index in [4.69, 9.17) is 4.99 Å². The summed E-state index contributed by atoms with van der Waals surface area (Å²) < 4.78 is 0. The number of fused-ring (bicyclic) bond motifs is 1. The number of para-hydroxylation sites is 1. The molecule has 4 heteroatoms. The highest BCUT2D eigenvalue weighted by Gasteiger charge is 2.34. The molecule has 0 aliphatic carbocycles. The van der Waals surface area contributed by atoms with Crippen molar-refractivity contribution in [2.75, 3.05) is 18.0 Å². The van der Waals surface area contributed by atoms with Crippen LogP contribution in [0, 0.1) is 0 Å². The maximum Gasteiger partial charge on any atom is 0.179 e. The summed E-state index contributed by atoms with van der Waals surface area (Å²) in [6.07, 6.45) is 4.52. The quantitative estimate of drug-likeness (QED) is 0.801. The molecule has 0 N–H and O–H groups in total. The summed E-state index contributed by atoms with van der Waals surface area (Å²) >= 11 is 0. The Hall–Kier alpha value is -1.84. The summed E-state index contributed by atoms with van der Waals surface area (Å²) in [7, 11) is 0. The number of rotatable bonds is 1. The van der Waals surface area contributed by atoms with E-state index in [1.54, 1.807) is 0 Å². The molecule has 5 rings (SSSR count). The standard InChI is InChI=1S/C19H19N3.ClH/c1-2-5-17-13-21(10-8-14(17)4-1)19-20-12-16-7-3-6-15-9-11-22(19)18(15)16;/h1-7,12,19H,8-11,13H2;1H. The predicted molar refractivity (Wildman–Crippen MR) is 96.7 cm³/mol. The zero-order valence-corrected chi connectivity index (χ0v) is 13.8. The zero-order chi connectivity index (χ0) is 14.5. The van der Waals surface area contributed by atoms with Crippen LogP contribution in [0.25, 0.3) is 0 Å². The summed E-state index contributed by atoms with van der Waals surface area (Å²) in [5.41, 5.74) is 7.14. The van der Waals surface area contributed by atoms with Crippen molar-refractivity contribution in [1.29, 1.82) is 0 Å². The van der Waals surface area contributed by atoms with Gasteiger partial charge in [0.05, 0.1) is 5.69 Å². The molecule has 3 heterocycles. The first-order valence-electron chi connectivity index (χ1n) is 8.13. The fraction of sp³-hybridized carbons (Fsp3) is 0.316. The van der Waals surface area contributed by atoms with Gasteiger partial charge in [-0.1, -0.05) is 42.5 Å². The molecule has 3 nitrogen and oxygen atoms in total. The van der Waals surface area contributed by atoms with Crippen LogP contribution in [0.4, 0.5) is 5.69 Å². The molecule has 3 aliphatic rings. The van der Waals surface area contributed by atoms with E-state index in [9.17, 15) is 0 Å². The van der Waals surface area contributed by atoms with Crippen LogP contribution in [-0.2, 0) is 19.4 Å². The molecule has 0 bridgehead atoms. The number of nitrogens with zero attached hydrogens (tertiary/aromatic N) is 3. The Morgan fingerprint density at radius 3 is 2.57 bits per heavy atom. The second-order valence-corrected chi connectivity index (χ2v) is 6.41. The van der Waals surface area contributed by atoms with E-state index in [1.807, 2.05) is 0 Å². The van der Waals surface area contributed by atoms with Gasteiger partial charge < -0.3 is 4.90 Å². The molecule has 0 radical (unpaired) electrons. The van der Waals surface area contributed by atoms with Crippen molar-refractivity contribution >= 4 is 24.3 Å². The third kappa shape index (κ3) is 2.27. The zero-order valence-electron chi connectivity index (χ0n) is 13.0. The van der Waals surface area contributed by atoms with Gasteiger partial charge in [-0.3, -0.25) is 9.89 Å². The average Bonchev–Trinajstić information content (AvgIpc) is 3.01. The molecule has 0 aromatic heterocycles. The van der Waals surface area contributed by atoms with E-state index in [0.717, 1.165) is 32.5 Å². The van der Waals surface area contributed by atoms with Crippen LogP contribution >= 0.6 is 12.4 Å². The van der Waals surface area contributed by atoms with Crippen LogP contribution in [0.1, 0.15) is 22.3 Å². The van der Waals surface area contributed by atoms with E-state index in [2.05, 4.69) is 58.5 Å². The van der Waals surface area contributed by atoms with Gasteiger partial charge in [0, 0.05) is 31.4 Å². The van der Waals surface area contributed by atoms with E-state index >= 15 is 0 Å². The third-order valence-corrected chi connectivity index (χ3v) is 5.17. The molecule has 1 atom stereocenters. The lowest BCUT2D eigenvalue weighted by Crippen LogP contribution is -2.50. The highest BCUT2D eigenvalue weighted by molar-refractivity contribution is 5.92. The Morgan fingerprint density at radius 1 is 0.870 bits per heavy atom. The first kappa shape index (κ1) is 14.7. The summed E-state index contributed by atoms with van der Waals surface area (Å²) in [6, 6.07) is 15.4. The van der Waals surface area contributed by atoms with Crippen molar-refractivity contribution in [3.63, 3.8) is 0 Å². The average molecular weight is 326 g/mol. The Labute approximate surface area is 143 Å². The van der Waals surface area contributed by atoms with Gasteiger partial charge in [-0.2, -0.15) is 0 Å². The molecule has 2 aromatic carbocycles. The lowest BCUT2D eigenvalue weighted by atomic mass is 10.00. The van der Waals surface area contributed by atoms with Crippen LogP contribution < -0.4 is 4.90 Å². The molecular formula is C19H20ClN3. The number of anilines is 1. The van der Waals surface area contributed by atoms with Gasteiger partial charge in [0.15, 0.2) is 6.29 Å². The van der Waals surface area contributed by atoms with Crippen molar-refractivity contribution in [3.8, 4) is 0 Å². The number of halogens is 1. The minimum atomic E-state index is 0. The van der Waals surface area contributed by atoms with E-state index in [0.29, 0.717) is 0 Å². The summed E-state index contributed by atoms with van der Waals surface area (Å²) in [4.78, 5) is 9.90. The minimum absolute atomic E-state index is 0. The smallest absolute Gasteiger partial charge is 0.179 e. The summed E-state index contributed by atoms with van der Waals surface area (Å²) in [6.45, 7) is 3.19. The first-order chi connectivity index (χ1) is 10.9. The van der Waals surface area contributed by atoms with Crippen LogP contribution in [0.5, 0.6) is 0 Å². The second kappa shape index (κ2) is 5.66. The Bertz CT molecular complexity index is 771. The molecule has 118 valence electrons. The molecule has 0 saturated carbocycles. The van der Waals surface area contributed by atoms with Gasteiger partial charge >= 0.3 is 0 Å². The third-order valence-electron chi connectivity index (χ3n) is 5.17. The molecular weight excluding hydrogens is 306 g/mol. The van der Waals surface area contributed by atoms with Crippen LogP contribution in [0.3, 0.4) is 0 Å². The van der Waals surface area contributed by atoms with Gasteiger partial charge in [0.2, 0.25) is 0 Å². The highest BCUT2D eigenvalue weighted by atomic mass is 35.5. The fourth-order valence-corrected chi connectivity index (χ4v) is 4.08. The van der Waals surface area contributed by atoms with Gasteiger partial charge in [-0.05, 0) is 29.5 Å². The Kier molecular flexibility index (Phi) is 3.63. The number of benzene rings is 2. The van der Waals surface area contributed by atoms with Crippen molar-refractivity contribution in [2.24, 2.45) is 4.99 Å². The maximum atomic E-state index is 4.88. The van der Waals surface area contributed by atoms with Crippen LogP contribution in [0.2, 0.25) is 0 Å². The molecule has 0 saturated heterocycles. The Balaban J connectivity index is 0.00000135. The van der Waals surface area contributed by atoms with Gasteiger partial charge in [0.25, 0.3) is 0 Å².